The molecule has 0 unspecified atom stereocenters. The molecule has 1 saturated heterocycles. The number of carbonyl (C=O) groups is 2. The number of aliphatic hydroxyl groups is 2. The molecular formula is C51H69N3O6. The number of ketones is 2. The Balaban J connectivity index is 1.19. The number of nitrogens with two attached hydrogens (primary N) is 1. The van der Waals surface area contributed by atoms with Gasteiger partial charge in [0.25, 0.3) is 0 Å². The predicted molar refractivity (Wildman–Crippen MR) is 239 cm³/mol. The minimum absolute atomic E-state index is 0.00885. The molecule has 2 aromatic carbocycles. The number of methoxy groups -OCH3 is 1. The minimum atomic E-state index is -0.880. The number of piperidine rings is 1. The van der Waals surface area contributed by atoms with Crippen LogP contribution in [0.1, 0.15) is 120 Å². The van der Waals surface area contributed by atoms with E-state index in [-0.39, 0.29) is 35.7 Å². The molecular weight excluding hydrogens is 751 g/mol. The van der Waals surface area contributed by atoms with Crippen LogP contribution >= 0.6 is 0 Å². The van der Waals surface area contributed by atoms with E-state index in [1.807, 2.05) is 30.3 Å². The molecule has 2 aliphatic carbocycles. The molecule has 9 nitrogen and oxygen atoms in total. The molecule has 2 fully saturated rings. The van der Waals surface area contributed by atoms with Crippen molar-refractivity contribution in [3.05, 3.63) is 88.8 Å². The summed E-state index contributed by atoms with van der Waals surface area (Å²) in [6.07, 6.45) is 17.1. The van der Waals surface area contributed by atoms with Gasteiger partial charge in [0.05, 0.1) is 25.1 Å². The molecule has 2 aliphatic heterocycles. The van der Waals surface area contributed by atoms with E-state index in [1.165, 1.54) is 7.11 Å². The summed E-state index contributed by atoms with van der Waals surface area (Å²) in [5, 5.41) is 41.6. The van der Waals surface area contributed by atoms with E-state index in [9.17, 15) is 24.9 Å². The van der Waals surface area contributed by atoms with Gasteiger partial charge in [0.2, 0.25) is 0 Å². The summed E-state index contributed by atoms with van der Waals surface area (Å²) in [5.41, 5.74) is 10.2. The predicted octanol–water partition coefficient (Wildman–Crippen LogP) is 7.74. The van der Waals surface area contributed by atoms with Crippen LogP contribution in [-0.2, 0) is 16.0 Å². The Bertz CT molecular complexity index is 1910. The molecule has 0 spiro atoms. The summed E-state index contributed by atoms with van der Waals surface area (Å²) in [4.78, 5) is 25.7. The molecule has 4 aliphatic rings. The Kier molecular flexibility index (Phi) is 16.5. The van der Waals surface area contributed by atoms with Crippen LogP contribution in [0.5, 0.6) is 11.5 Å². The van der Waals surface area contributed by atoms with Gasteiger partial charge in [-0.05, 0) is 122 Å². The molecule has 2 aromatic rings. The molecule has 60 heavy (non-hydrogen) atoms. The third-order valence-electron chi connectivity index (χ3n) is 13.5. The summed E-state index contributed by atoms with van der Waals surface area (Å²) in [5.74, 6) is 8.14. The molecule has 324 valence electrons. The van der Waals surface area contributed by atoms with E-state index in [4.69, 9.17) is 10.5 Å². The quantitative estimate of drug-likeness (QED) is 0.0655. The maximum atomic E-state index is 13.8. The Morgan fingerprint density at radius 3 is 2.57 bits per heavy atom. The van der Waals surface area contributed by atoms with Crippen LogP contribution in [-0.4, -0.2) is 65.3 Å². The first-order valence-corrected chi connectivity index (χ1v) is 22.7. The number of hydrogen-bond acceptors (Lipinski definition) is 9. The highest BCUT2D eigenvalue weighted by Gasteiger charge is 2.35. The van der Waals surface area contributed by atoms with Crippen LogP contribution in [0.4, 0.5) is 0 Å². The van der Waals surface area contributed by atoms with Gasteiger partial charge >= 0.3 is 0 Å². The number of allylic oxidation sites excluding steroid dienone is 3. The van der Waals surface area contributed by atoms with Gasteiger partial charge in [0, 0.05) is 43.7 Å². The van der Waals surface area contributed by atoms with Gasteiger partial charge in [-0.3, -0.25) is 9.59 Å². The highest BCUT2D eigenvalue weighted by molar-refractivity contribution is 5.85. The van der Waals surface area contributed by atoms with Gasteiger partial charge in [-0.2, -0.15) is 0 Å². The summed E-state index contributed by atoms with van der Waals surface area (Å²) >= 11 is 0. The second kappa shape index (κ2) is 21.9. The van der Waals surface area contributed by atoms with Crippen molar-refractivity contribution in [3.63, 3.8) is 0 Å². The van der Waals surface area contributed by atoms with Crippen molar-refractivity contribution < 1.29 is 29.6 Å². The van der Waals surface area contributed by atoms with Gasteiger partial charge in [0.15, 0.2) is 17.3 Å². The zero-order valence-corrected chi connectivity index (χ0v) is 36.1. The van der Waals surface area contributed by atoms with E-state index in [0.717, 1.165) is 73.8 Å². The molecule has 7 N–H and O–H groups in total. The SMILES string of the molecule is COc1cc2c(cc1O)[C@H](CC[C@H](O)[C@H](CCC(C)C)[C@H](/C=C/c1ccccc1)C1=CCNC(N)=C1)C#C[C@H]([C@H](O)CCCC[C@H]1CN[C@@H]3CC(=O)CC[C@@H]3C1)C(=O)CC2. The number of benzene rings is 2. The van der Waals surface area contributed by atoms with Crippen LogP contribution in [0.2, 0.25) is 0 Å². The first-order valence-electron chi connectivity index (χ1n) is 22.7. The first kappa shape index (κ1) is 45.2. The highest BCUT2D eigenvalue weighted by Crippen LogP contribution is 2.39. The molecule has 9 atom stereocenters. The number of aryl methyl sites for hydroxylation is 1. The maximum absolute atomic E-state index is 13.8. The molecule has 1 saturated carbocycles. The van der Waals surface area contributed by atoms with Crippen molar-refractivity contribution in [2.75, 3.05) is 20.2 Å². The fourth-order valence-corrected chi connectivity index (χ4v) is 9.99. The number of unbranched alkanes of at least 4 members (excludes halogenated alkanes) is 1. The van der Waals surface area contributed by atoms with Gasteiger partial charge in [-0.25, -0.2) is 0 Å². The number of ether oxygens (including phenoxy) is 1. The number of Topliss-reactive ketones (excluding diaryl/α,β-unsaturated/α-hetero) is 2. The van der Waals surface area contributed by atoms with Crippen LogP contribution in [0.15, 0.2) is 72.1 Å². The third-order valence-corrected chi connectivity index (χ3v) is 13.5. The first-order chi connectivity index (χ1) is 29.0. The van der Waals surface area contributed by atoms with Crippen molar-refractivity contribution in [1.82, 2.24) is 10.6 Å². The molecule has 6 rings (SSSR count). The maximum Gasteiger partial charge on any atom is 0.160 e. The fourth-order valence-electron chi connectivity index (χ4n) is 9.99. The number of aromatic hydroxyl groups is 1. The number of rotatable bonds is 18. The average Bonchev–Trinajstić information content (AvgIpc) is 3.30. The standard InChI is InChI=1S/C51H69N3O6/c1-33(2)13-20-42(41(38-25-26-53-51(52)29-38)21-14-34-9-5-4-6-10-34)47(57)23-17-36-16-22-43(48(58)24-18-37-28-50(60-3)49(59)31-44(36)37)46(56)12-8-7-11-35-27-39-15-19-40(55)30-45(39)54-32-35/h4-6,9-10,14,21,25,28-29,31,33,35-36,39,41-43,45-47,53-54,56-57,59H,7-8,11-13,15,17-20,23-24,26-27,30,32,52H2,1-3H3/b21-14+/t35-,36+,39-,41-,42-,43-,45-,46-,47+/m1/s1. The van der Waals surface area contributed by atoms with Crippen LogP contribution in [0, 0.1) is 47.3 Å². The summed E-state index contributed by atoms with van der Waals surface area (Å²) in [6.45, 7) is 5.98. The Morgan fingerprint density at radius 2 is 1.80 bits per heavy atom. The minimum Gasteiger partial charge on any atom is -0.504 e. The van der Waals surface area contributed by atoms with Crippen LogP contribution < -0.4 is 21.1 Å². The smallest absolute Gasteiger partial charge is 0.160 e. The van der Waals surface area contributed by atoms with Crippen LogP contribution in [0.3, 0.4) is 0 Å². The van der Waals surface area contributed by atoms with E-state index in [2.05, 4.69) is 66.7 Å². The summed E-state index contributed by atoms with van der Waals surface area (Å²) in [6, 6.07) is 14.1. The number of hydrogen-bond donors (Lipinski definition) is 6. The molecule has 0 aromatic heterocycles. The lowest BCUT2D eigenvalue weighted by atomic mass is 9.74. The second-order valence-electron chi connectivity index (χ2n) is 18.3. The van der Waals surface area contributed by atoms with E-state index < -0.39 is 18.1 Å². The Morgan fingerprint density at radius 1 is 0.983 bits per heavy atom. The zero-order chi connectivity index (χ0) is 42.6. The van der Waals surface area contributed by atoms with Gasteiger partial charge in [0.1, 0.15) is 11.7 Å². The van der Waals surface area contributed by atoms with Gasteiger partial charge in [-0.15, -0.1) is 0 Å². The lowest BCUT2D eigenvalue weighted by Crippen LogP contribution is -2.48. The number of fused-ring (bicyclic) bond motifs is 2. The molecule has 0 bridgehead atoms. The van der Waals surface area contributed by atoms with Crippen molar-refractivity contribution in [3.8, 4) is 23.3 Å². The second-order valence-corrected chi connectivity index (χ2v) is 18.3. The van der Waals surface area contributed by atoms with E-state index >= 15 is 0 Å². The largest absolute Gasteiger partial charge is 0.504 e. The number of carbonyl (C=O) groups excluding carboxylic acids is 2. The molecule has 2 heterocycles. The van der Waals surface area contributed by atoms with Crippen molar-refractivity contribution in [2.45, 2.75) is 128 Å². The lowest BCUT2D eigenvalue weighted by molar-refractivity contribution is -0.124. The number of dihydropyridines is 1. The van der Waals surface area contributed by atoms with E-state index in [1.54, 1.807) is 6.07 Å². The topological polar surface area (TPSA) is 154 Å². The van der Waals surface area contributed by atoms with Crippen LogP contribution in [0.25, 0.3) is 6.08 Å². The van der Waals surface area contributed by atoms with Crippen molar-refractivity contribution in [1.29, 1.82) is 0 Å². The number of aliphatic hydroxyl groups excluding tert-OH is 2. The van der Waals surface area contributed by atoms with Crippen molar-refractivity contribution in [2.24, 2.45) is 41.2 Å². The fraction of sp³-hybridized carbons (Fsp3) is 0.569. The number of phenolic OH excluding ortho intramolecular Hbond substituents is 1. The monoisotopic (exact) mass is 820 g/mol. The molecule has 0 radical (unpaired) electrons. The van der Waals surface area contributed by atoms with Crippen molar-refractivity contribution >= 4 is 17.6 Å². The number of nitrogens with one attached hydrogen (secondary N) is 2. The zero-order valence-electron chi connectivity index (χ0n) is 36.1. The molecule has 0 amide bonds. The molecule has 9 heteroatoms. The normalized spacial score (nSPS) is 25.2. The van der Waals surface area contributed by atoms with Gasteiger partial charge < -0.3 is 36.4 Å². The summed E-state index contributed by atoms with van der Waals surface area (Å²) in [7, 11) is 1.52. The van der Waals surface area contributed by atoms with Gasteiger partial charge in [-0.1, -0.05) is 93.5 Å². The summed E-state index contributed by atoms with van der Waals surface area (Å²) < 4.78 is 5.49. The lowest BCUT2D eigenvalue weighted by Gasteiger charge is -2.39. The average molecular weight is 820 g/mol. The number of phenols is 1. The Labute approximate surface area is 358 Å². The Hall–Kier alpha value is -4.36. The highest BCUT2D eigenvalue weighted by atomic mass is 16.5. The van der Waals surface area contributed by atoms with E-state index in [0.29, 0.717) is 86.2 Å². The third kappa shape index (κ3) is 12.4.